The molecule has 0 heterocycles. The Hall–Kier alpha value is -1.64. The lowest BCUT2D eigenvalue weighted by Crippen LogP contribution is -2.24. The van der Waals surface area contributed by atoms with E-state index in [1.165, 1.54) is 0 Å². The highest BCUT2D eigenvalue weighted by atomic mass is 16.2. The molecule has 17 heavy (non-hydrogen) atoms. The Labute approximate surface area is 103 Å². The monoisotopic (exact) mass is 232 g/mol. The van der Waals surface area contributed by atoms with E-state index in [0.29, 0.717) is 17.4 Å². The Morgan fingerprint density at radius 3 is 2.06 bits per heavy atom. The number of hydrogen-bond donors (Lipinski definition) is 1. The highest BCUT2D eigenvalue weighted by molar-refractivity contribution is 5.96. The molecule has 0 radical (unpaired) electrons. The minimum absolute atomic E-state index is 0.163. The largest absolute Gasteiger partial charge is 0.271 e. The van der Waals surface area contributed by atoms with Gasteiger partial charge in [0.1, 0.15) is 0 Å². The molecule has 3 heteroatoms. The van der Waals surface area contributed by atoms with Gasteiger partial charge in [-0.3, -0.25) is 4.79 Å². The van der Waals surface area contributed by atoms with E-state index in [2.05, 4.69) is 38.2 Å². The Balaban J connectivity index is 2.72. The van der Waals surface area contributed by atoms with Gasteiger partial charge in [-0.15, -0.1) is 0 Å². The van der Waals surface area contributed by atoms with E-state index < -0.39 is 0 Å². The summed E-state index contributed by atoms with van der Waals surface area (Å²) < 4.78 is 0. The van der Waals surface area contributed by atoms with Gasteiger partial charge in [0.2, 0.25) is 0 Å². The molecule has 1 amide bonds. The van der Waals surface area contributed by atoms with E-state index in [4.69, 9.17) is 0 Å². The summed E-state index contributed by atoms with van der Waals surface area (Å²) in [5.41, 5.74) is 4.25. The van der Waals surface area contributed by atoms with Gasteiger partial charge < -0.3 is 0 Å². The zero-order valence-electron chi connectivity index (χ0n) is 10.9. The highest BCUT2D eigenvalue weighted by Gasteiger charge is 2.11. The van der Waals surface area contributed by atoms with Crippen molar-refractivity contribution in [3.63, 3.8) is 0 Å². The molecule has 0 aliphatic rings. The first-order chi connectivity index (χ1) is 8.02. The van der Waals surface area contributed by atoms with Crippen molar-refractivity contribution in [2.45, 2.75) is 27.7 Å². The van der Waals surface area contributed by atoms with Gasteiger partial charge in [0.15, 0.2) is 0 Å². The predicted molar refractivity (Wildman–Crippen MR) is 71.0 cm³/mol. The minimum atomic E-state index is -0.163. The first-order valence-electron chi connectivity index (χ1n) is 5.95. The maximum absolute atomic E-state index is 11.8. The highest BCUT2D eigenvalue weighted by Crippen LogP contribution is 2.07. The molecule has 0 saturated carbocycles. The van der Waals surface area contributed by atoms with Crippen LogP contribution in [0.5, 0.6) is 0 Å². The normalized spacial score (nSPS) is 10.5. The molecule has 0 aliphatic carbocycles. The van der Waals surface area contributed by atoms with E-state index in [-0.39, 0.29) is 5.91 Å². The van der Waals surface area contributed by atoms with Gasteiger partial charge in [0.25, 0.3) is 5.91 Å². The van der Waals surface area contributed by atoms with Crippen molar-refractivity contribution < 1.29 is 4.79 Å². The molecule has 0 aromatic heterocycles. The van der Waals surface area contributed by atoms with E-state index in [1.54, 1.807) is 12.1 Å². The van der Waals surface area contributed by atoms with Crippen molar-refractivity contribution in [3.05, 3.63) is 35.9 Å². The van der Waals surface area contributed by atoms with Crippen LogP contribution in [0.4, 0.5) is 0 Å². The number of hydrazone groups is 1. The van der Waals surface area contributed by atoms with Crippen molar-refractivity contribution in [2.24, 2.45) is 16.9 Å². The third-order valence-corrected chi connectivity index (χ3v) is 2.51. The van der Waals surface area contributed by atoms with Gasteiger partial charge in [0, 0.05) is 11.3 Å². The van der Waals surface area contributed by atoms with Gasteiger partial charge in [-0.2, -0.15) is 5.10 Å². The molecule has 0 fully saturated rings. The van der Waals surface area contributed by atoms with Crippen LogP contribution in [0.1, 0.15) is 38.1 Å². The second-order valence-electron chi connectivity index (χ2n) is 4.65. The van der Waals surface area contributed by atoms with Gasteiger partial charge in [-0.05, 0) is 24.0 Å². The molecule has 1 aromatic rings. The zero-order valence-corrected chi connectivity index (χ0v) is 10.9. The molecule has 92 valence electrons. The number of carbonyl (C=O) groups excluding carboxylic acids is 1. The molecule has 0 bridgehead atoms. The molecule has 0 aliphatic heterocycles. The second kappa shape index (κ2) is 6.18. The summed E-state index contributed by atoms with van der Waals surface area (Å²) >= 11 is 0. The van der Waals surface area contributed by atoms with Crippen LogP contribution in [0.3, 0.4) is 0 Å². The van der Waals surface area contributed by atoms with Gasteiger partial charge in [-0.25, -0.2) is 5.43 Å². The van der Waals surface area contributed by atoms with Crippen LogP contribution in [0.2, 0.25) is 0 Å². The van der Waals surface area contributed by atoms with Crippen molar-refractivity contribution in [1.82, 2.24) is 5.43 Å². The van der Waals surface area contributed by atoms with Crippen LogP contribution in [0.25, 0.3) is 0 Å². The molecule has 0 unspecified atom stereocenters. The molecule has 0 spiro atoms. The van der Waals surface area contributed by atoms with Crippen LogP contribution in [-0.4, -0.2) is 11.6 Å². The lowest BCUT2D eigenvalue weighted by atomic mass is 9.98. The summed E-state index contributed by atoms with van der Waals surface area (Å²) in [5.74, 6) is 0.515. The number of nitrogens with zero attached hydrogens (tertiary/aromatic N) is 1. The molecule has 1 rings (SSSR count). The predicted octanol–water partition coefficient (Wildman–Crippen LogP) is 3.08. The fraction of sp³-hybridized carbons (Fsp3) is 0.429. The third-order valence-electron chi connectivity index (χ3n) is 2.51. The molecule has 0 saturated heterocycles. The molecule has 0 atom stereocenters. The fourth-order valence-electron chi connectivity index (χ4n) is 1.69. The van der Waals surface area contributed by atoms with E-state index in [0.717, 1.165) is 5.71 Å². The maximum atomic E-state index is 11.8. The molecule has 3 nitrogen and oxygen atoms in total. The van der Waals surface area contributed by atoms with Gasteiger partial charge in [0.05, 0.1) is 0 Å². The molecule has 1 N–H and O–H groups in total. The fourth-order valence-corrected chi connectivity index (χ4v) is 1.69. The van der Waals surface area contributed by atoms with Crippen molar-refractivity contribution in [2.75, 3.05) is 0 Å². The summed E-state index contributed by atoms with van der Waals surface area (Å²) in [5, 5.41) is 4.22. The Morgan fingerprint density at radius 2 is 1.59 bits per heavy atom. The second-order valence-corrected chi connectivity index (χ2v) is 4.65. The van der Waals surface area contributed by atoms with Gasteiger partial charge in [-0.1, -0.05) is 45.9 Å². The van der Waals surface area contributed by atoms with Gasteiger partial charge >= 0.3 is 0 Å². The van der Waals surface area contributed by atoms with E-state index in [1.807, 2.05) is 18.2 Å². The molecular weight excluding hydrogens is 212 g/mol. The summed E-state index contributed by atoms with van der Waals surface area (Å²) in [6, 6.07) is 9.10. The van der Waals surface area contributed by atoms with Crippen molar-refractivity contribution in [1.29, 1.82) is 0 Å². The Kier molecular flexibility index (Phi) is 4.88. The average molecular weight is 232 g/mol. The number of carbonyl (C=O) groups is 1. The number of hydrogen-bond acceptors (Lipinski definition) is 2. The lowest BCUT2D eigenvalue weighted by molar-refractivity contribution is 0.0954. The maximum Gasteiger partial charge on any atom is 0.271 e. The standard InChI is InChI=1S/C14H20N2O/c1-10(2)13(11(3)4)15-16-14(17)12-8-6-5-7-9-12/h5-11H,1-4H3,(H,16,17). The topological polar surface area (TPSA) is 41.5 Å². The third kappa shape index (κ3) is 4.02. The van der Waals surface area contributed by atoms with Crippen LogP contribution in [0.15, 0.2) is 35.4 Å². The van der Waals surface area contributed by atoms with E-state index in [9.17, 15) is 4.79 Å². The average Bonchev–Trinajstić information content (AvgIpc) is 2.29. The summed E-state index contributed by atoms with van der Waals surface area (Å²) in [7, 11) is 0. The minimum Gasteiger partial charge on any atom is -0.267 e. The van der Waals surface area contributed by atoms with E-state index >= 15 is 0 Å². The lowest BCUT2D eigenvalue weighted by Gasteiger charge is -2.13. The smallest absolute Gasteiger partial charge is 0.267 e. The number of nitrogens with one attached hydrogen (secondary N) is 1. The van der Waals surface area contributed by atoms with Crippen molar-refractivity contribution in [3.8, 4) is 0 Å². The summed E-state index contributed by atoms with van der Waals surface area (Å²) in [6.07, 6.45) is 0. The molecular formula is C14H20N2O. The van der Waals surface area contributed by atoms with Crippen LogP contribution < -0.4 is 5.43 Å². The van der Waals surface area contributed by atoms with Crippen molar-refractivity contribution >= 4 is 11.6 Å². The number of rotatable bonds is 4. The van der Waals surface area contributed by atoms with Crippen LogP contribution in [-0.2, 0) is 0 Å². The SMILES string of the molecule is CC(C)C(=NNC(=O)c1ccccc1)C(C)C. The first-order valence-corrected chi connectivity index (χ1v) is 5.95. The first kappa shape index (κ1) is 13.4. The summed E-state index contributed by atoms with van der Waals surface area (Å²) in [4.78, 5) is 11.8. The summed E-state index contributed by atoms with van der Waals surface area (Å²) in [6.45, 7) is 8.31. The Morgan fingerprint density at radius 1 is 1.06 bits per heavy atom. The van der Waals surface area contributed by atoms with Crippen LogP contribution in [0, 0.1) is 11.8 Å². The van der Waals surface area contributed by atoms with Crippen LogP contribution >= 0.6 is 0 Å². The Bertz CT molecular complexity index is 384. The zero-order chi connectivity index (χ0) is 12.8. The molecule has 1 aromatic carbocycles. The number of amides is 1. The number of benzene rings is 1. The quantitative estimate of drug-likeness (QED) is 0.629.